The van der Waals surface area contributed by atoms with Crippen molar-refractivity contribution in [1.29, 1.82) is 0 Å². The fraction of sp³-hybridized carbons (Fsp3) is 0.917. The van der Waals surface area contributed by atoms with Crippen LogP contribution in [0.15, 0.2) is 4.99 Å². The smallest absolute Gasteiger partial charge is 0.191 e. The number of ether oxygens (including phenoxy) is 1. The van der Waals surface area contributed by atoms with Gasteiger partial charge in [-0.25, -0.2) is 0 Å². The Balaban J connectivity index is 0.00000108. The summed E-state index contributed by atoms with van der Waals surface area (Å²) in [5, 5.41) is 6.90. The summed E-state index contributed by atoms with van der Waals surface area (Å²) in [5.74, 6) is 1.84. The average Bonchev–Trinajstić information content (AvgIpc) is 2.90. The zero-order chi connectivity index (χ0) is 11.0. The van der Waals surface area contributed by atoms with Gasteiger partial charge in [0.1, 0.15) is 0 Å². The Morgan fingerprint density at radius 1 is 1.29 bits per heavy atom. The second-order valence-electron chi connectivity index (χ2n) is 5.26. The van der Waals surface area contributed by atoms with Gasteiger partial charge < -0.3 is 15.4 Å². The van der Waals surface area contributed by atoms with Gasteiger partial charge in [0.2, 0.25) is 0 Å². The summed E-state index contributed by atoms with van der Waals surface area (Å²) >= 11 is 0. The predicted molar refractivity (Wildman–Crippen MR) is 78.9 cm³/mol. The predicted octanol–water partition coefficient (Wildman–Crippen LogP) is 1.50. The van der Waals surface area contributed by atoms with E-state index in [-0.39, 0.29) is 24.0 Å². The second kappa shape index (κ2) is 5.73. The molecule has 1 saturated carbocycles. The van der Waals surface area contributed by atoms with Gasteiger partial charge in [0.15, 0.2) is 5.96 Å². The molecule has 2 aliphatic heterocycles. The Morgan fingerprint density at radius 2 is 2.12 bits per heavy atom. The molecule has 98 valence electrons. The quantitative estimate of drug-likeness (QED) is 0.460. The lowest BCUT2D eigenvalue weighted by Gasteiger charge is -2.22. The molecular formula is C12H22IN3O. The molecule has 2 bridgehead atoms. The van der Waals surface area contributed by atoms with E-state index in [0.29, 0.717) is 18.2 Å². The van der Waals surface area contributed by atoms with Crippen molar-refractivity contribution in [3.8, 4) is 0 Å². The van der Waals surface area contributed by atoms with E-state index in [1.54, 1.807) is 0 Å². The van der Waals surface area contributed by atoms with Gasteiger partial charge >= 0.3 is 0 Å². The van der Waals surface area contributed by atoms with Crippen LogP contribution >= 0.6 is 24.0 Å². The van der Waals surface area contributed by atoms with Crippen molar-refractivity contribution < 1.29 is 4.74 Å². The third kappa shape index (κ3) is 3.24. The zero-order valence-corrected chi connectivity index (χ0v) is 12.6. The molecule has 3 unspecified atom stereocenters. The molecule has 2 N–H and O–H groups in total. The molecule has 0 amide bonds. The highest BCUT2D eigenvalue weighted by Gasteiger charge is 2.41. The van der Waals surface area contributed by atoms with Crippen LogP contribution < -0.4 is 10.6 Å². The molecule has 0 spiro atoms. The van der Waals surface area contributed by atoms with Crippen molar-refractivity contribution in [2.45, 2.75) is 50.4 Å². The second-order valence-corrected chi connectivity index (χ2v) is 5.26. The van der Waals surface area contributed by atoms with Crippen molar-refractivity contribution >= 4 is 29.9 Å². The molecule has 0 aromatic heterocycles. The lowest BCUT2D eigenvalue weighted by molar-refractivity contribution is 0.0992. The van der Waals surface area contributed by atoms with Crippen molar-refractivity contribution in [2.75, 3.05) is 13.6 Å². The molecule has 4 nitrogen and oxygen atoms in total. The number of aliphatic imine (C=N–C) groups is 1. The van der Waals surface area contributed by atoms with E-state index in [9.17, 15) is 0 Å². The SMILES string of the molecule is CN=C(NCC1CC1)NC1CC2CCC1O2.I. The highest BCUT2D eigenvalue weighted by atomic mass is 127. The molecule has 3 fully saturated rings. The summed E-state index contributed by atoms with van der Waals surface area (Å²) in [6.07, 6.45) is 7.28. The number of fused-ring (bicyclic) bond motifs is 2. The van der Waals surface area contributed by atoms with Crippen LogP contribution in [0.25, 0.3) is 0 Å². The van der Waals surface area contributed by atoms with Crippen molar-refractivity contribution in [1.82, 2.24) is 10.6 Å². The zero-order valence-electron chi connectivity index (χ0n) is 10.3. The summed E-state index contributed by atoms with van der Waals surface area (Å²) in [6, 6.07) is 0.476. The monoisotopic (exact) mass is 351 g/mol. The van der Waals surface area contributed by atoms with Crippen molar-refractivity contribution in [3.05, 3.63) is 0 Å². The Kier molecular flexibility index (Phi) is 4.52. The van der Waals surface area contributed by atoms with Crippen LogP contribution in [0.2, 0.25) is 0 Å². The Morgan fingerprint density at radius 3 is 2.65 bits per heavy atom. The van der Waals surface area contributed by atoms with E-state index in [4.69, 9.17) is 4.74 Å². The third-order valence-electron chi connectivity index (χ3n) is 3.91. The van der Waals surface area contributed by atoms with Crippen molar-refractivity contribution in [3.63, 3.8) is 0 Å². The lowest BCUT2D eigenvalue weighted by atomic mass is 9.96. The maximum atomic E-state index is 5.82. The van der Waals surface area contributed by atoms with Gasteiger partial charge in [0, 0.05) is 13.6 Å². The van der Waals surface area contributed by atoms with Gasteiger partial charge in [-0.2, -0.15) is 0 Å². The highest BCUT2D eigenvalue weighted by Crippen LogP contribution is 2.34. The lowest BCUT2D eigenvalue weighted by Crippen LogP contribution is -2.47. The van der Waals surface area contributed by atoms with Gasteiger partial charge in [0.25, 0.3) is 0 Å². The van der Waals surface area contributed by atoms with Gasteiger partial charge in [0.05, 0.1) is 18.2 Å². The summed E-state index contributed by atoms with van der Waals surface area (Å²) in [5.41, 5.74) is 0. The van der Waals surface area contributed by atoms with Crippen LogP contribution in [0.5, 0.6) is 0 Å². The first-order valence-electron chi connectivity index (χ1n) is 6.48. The number of guanidine groups is 1. The van der Waals surface area contributed by atoms with E-state index in [1.807, 2.05) is 7.05 Å². The molecule has 3 rings (SSSR count). The Hall–Kier alpha value is -0.0400. The van der Waals surface area contributed by atoms with Gasteiger partial charge in [-0.1, -0.05) is 0 Å². The molecule has 17 heavy (non-hydrogen) atoms. The minimum absolute atomic E-state index is 0. The number of nitrogens with zero attached hydrogens (tertiary/aromatic N) is 1. The summed E-state index contributed by atoms with van der Waals surface area (Å²) < 4.78 is 5.82. The van der Waals surface area contributed by atoms with Crippen LogP contribution in [0.4, 0.5) is 0 Å². The summed E-state index contributed by atoms with van der Waals surface area (Å²) in [7, 11) is 1.84. The molecule has 0 radical (unpaired) electrons. The van der Waals surface area contributed by atoms with Crippen LogP contribution in [0.3, 0.4) is 0 Å². The van der Waals surface area contributed by atoms with Crippen molar-refractivity contribution in [2.24, 2.45) is 10.9 Å². The summed E-state index contributed by atoms with van der Waals surface area (Å²) in [4.78, 5) is 4.27. The normalized spacial score (nSPS) is 35.6. The van der Waals surface area contributed by atoms with Crippen LogP contribution in [-0.2, 0) is 4.74 Å². The van der Waals surface area contributed by atoms with E-state index in [0.717, 1.165) is 24.8 Å². The first kappa shape index (κ1) is 13.4. The van der Waals surface area contributed by atoms with Gasteiger partial charge in [-0.15, -0.1) is 24.0 Å². The Labute approximate surface area is 120 Å². The minimum Gasteiger partial charge on any atom is -0.373 e. The first-order chi connectivity index (χ1) is 7.85. The van der Waals surface area contributed by atoms with Crippen LogP contribution in [-0.4, -0.2) is 37.8 Å². The number of hydrogen-bond donors (Lipinski definition) is 2. The molecule has 3 atom stereocenters. The highest BCUT2D eigenvalue weighted by molar-refractivity contribution is 14.0. The largest absolute Gasteiger partial charge is 0.373 e. The molecule has 5 heteroatoms. The van der Waals surface area contributed by atoms with E-state index in [1.165, 1.54) is 25.7 Å². The molecule has 1 aliphatic carbocycles. The number of rotatable bonds is 3. The molecule has 2 saturated heterocycles. The standard InChI is InChI=1S/C12H21N3O.HI/c1-13-12(14-7-8-2-3-8)15-10-6-9-4-5-11(10)16-9;/h8-11H,2-7H2,1H3,(H2,13,14,15);1H. The molecule has 3 aliphatic rings. The third-order valence-corrected chi connectivity index (χ3v) is 3.91. The average molecular weight is 351 g/mol. The number of nitrogens with one attached hydrogen (secondary N) is 2. The van der Waals surface area contributed by atoms with Crippen LogP contribution in [0.1, 0.15) is 32.1 Å². The summed E-state index contributed by atoms with van der Waals surface area (Å²) in [6.45, 7) is 1.07. The first-order valence-corrected chi connectivity index (χ1v) is 6.48. The van der Waals surface area contributed by atoms with E-state index in [2.05, 4.69) is 15.6 Å². The van der Waals surface area contributed by atoms with Gasteiger partial charge in [-0.3, -0.25) is 4.99 Å². The number of halogens is 1. The molecular weight excluding hydrogens is 329 g/mol. The van der Waals surface area contributed by atoms with Crippen LogP contribution in [0, 0.1) is 5.92 Å². The molecule has 0 aromatic carbocycles. The minimum atomic E-state index is 0. The molecule has 2 heterocycles. The van der Waals surface area contributed by atoms with E-state index < -0.39 is 0 Å². The number of hydrogen-bond acceptors (Lipinski definition) is 2. The topological polar surface area (TPSA) is 45.7 Å². The Bertz CT molecular complexity index is 293. The maximum Gasteiger partial charge on any atom is 0.191 e. The molecule has 0 aromatic rings. The van der Waals surface area contributed by atoms with E-state index >= 15 is 0 Å². The van der Waals surface area contributed by atoms with Gasteiger partial charge in [-0.05, 0) is 38.0 Å². The fourth-order valence-corrected chi connectivity index (χ4v) is 2.72. The fourth-order valence-electron chi connectivity index (χ4n) is 2.72. The maximum absolute atomic E-state index is 5.82.